The number of hydrogen-bond donors (Lipinski definition) is 4. The highest BCUT2D eigenvalue weighted by molar-refractivity contribution is 5.98. The maximum absolute atomic E-state index is 13.2. The van der Waals surface area contributed by atoms with Gasteiger partial charge in [0.05, 0.1) is 18.9 Å². The van der Waals surface area contributed by atoms with Gasteiger partial charge in [-0.2, -0.15) is 0 Å². The topological polar surface area (TPSA) is 131 Å². The van der Waals surface area contributed by atoms with Crippen molar-refractivity contribution >= 4 is 17.7 Å². The van der Waals surface area contributed by atoms with E-state index in [1.807, 2.05) is 12.1 Å². The van der Waals surface area contributed by atoms with Crippen LogP contribution in [0.4, 0.5) is 10.5 Å². The Balaban J connectivity index is 1.78. The van der Waals surface area contributed by atoms with E-state index < -0.39 is 52.3 Å². The van der Waals surface area contributed by atoms with Crippen LogP contribution in [-0.4, -0.2) is 87.0 Å². The summed E-state index contributed by atoms with van der Waals surface area (Å²) in [5.74, 6) is -1.06. The highest BCUT2D eigenvalue weighted by Crippen LogP contribution is 2.76. The van der Waals surface area contributed by atoms with Crippen LogP contribution in [0.25, 0.3) is 0 Å². The van der Waals surface area contributed by atoms with Crippen LogP contribution in [0.2, 0.25) is 0 Å². The Labute approximate surface area is 178 Å². The fourth-order valence-electron chi connectivity index (χ4n) is 8.59. The Bertz CT molecular complexity index is 1020. The standard InChI is InChI=1S/C22H26N2O7/c1-31-17(27)22(30)16(26)19-7-8-21(22)20(9-11-23(15(19)20)10-6-14(19)25)12-4-2-3-5-13(12)24(21)18(28)29/h2-5,14-16,25-26,30H,6-11H2,1H3,(H,28,29). The lowest BCUT2D eigenvalue weighted by Crippen LogP contribution is -2.92. The van der Waals surface area contributed by atoms with Crippen molar-refractivity contribution in [1.29, 1.82) is 0 Å². The van der Waals surface area contributed by atoms with Crippen LogP contribution in [0.15, 0.2) is 24.3 Å². The molecule has 3 aliphatic carbocycles. The van der Waals surface area contributed by atoms with Crippen LogP contribution < -0.4 is 4.90 Å². The second kappa shape index (κ2) is 5.58. The van der Waals surface area contributed by atoms with Gasteiger partial charge in [0, 0.05) is 23.4 Å². The van der Waals surface area contributed by atoms with Crippen molar-refractivity contribution in [1.82, 2.24) is 4.90 Å². The predicted octanol–water partition coefficient (Wildman–Crippen LogP) is 0.0589. The number of esters is 1. The first-order valence-corrected chi connectivity index (χ1v) is 10.8. The molecule has 3 heterocycles. The molecular weight excluding hydrogens is 404 g/mol. The summed E-state index contributed by atoms with van der Waals surface area (Å²) < 4.78 is 5.00. The maximum atomic E-state index is 13.2. The van der Waals surface area contributed by atoms with Gasteiger partial charge in [-0.25, -0.2) is 9.59 Å². The summed E-state index contributed by atoms with van der Waals surface area (Å²) in [7, 11) is 1.12. The van der Waals surface area contributed by atoms with Gasteiger partial charge in [0.15, 0.2) is 0 Å². The molecule has 9 heteroatoms. The summed E-state index contributed by atoms with van der Waals surface area (Å²) in [5, 5.41) is 45.5. The van der Waals surface area contributed by atoms with Crippen molar-refractivity contribution in [2.75, 3.05) is 25.1 Å². The molecule has 1 aromatic rings. The summed E-state index contributed by atoms with van der Waals surface area (Å²) >= 11 is 0. The number of benzene rings is 1. The summed E-state index contributed by atoms with van der Waals surface area (Å²) in [6, 6.07) is 6.72. The van der Waals surface area contributed by atoms with Gasteiger partial charge in [0.25, 0.3) is 0 Å². The van der Waals surface area contributed by atoms with Gasteiger partial charge in [-0.05, 0) is 43.9 Å². The molecule has 4 N–H and O–H groups in total. The normalized spacial score (nSPS) is 47.0. The van der Waals surface area contributed by atoms with Crippen molar-refractivity contribution in [3.05, 3.63) is 29.8 Å². The minimum absolute atomic E-state index is 0.137. The average molecular weight is 430 g/mol. The lowest BCUT2D eigenvalue weighted by molar-refractivity contribution is -0.301. The first-order valence-electron chi connectivity index (χ1n) is 10.8. The quantitative estimate of drug-likeness (QED) is 0.460. The predicted molar refractivity (Wildman–Crippen MR) is 107 cm³/mol. The van der Waals surface area contributed by atoms with Gasteiger partial charge in [-0.3, -0.25) is 9.80 Å². The molecule has 3 spiro atoms. The number of rotatable bonds is 1. The van der Waals surface area contributed by atoms with Crippen molar-refractivity contribution in [3.63, 3.8) is 0 Å². The van der Waals surface area contributed by atoms with Gasteiger partial charge in [0.1, 0.15) is 11.6 Å². The van der Waals surface area contributed by atoms with Crippen LogP contribution in [0.3, 0.4) is 0 Å². The summed E-state index contributed by atoms with van der Waals surface area (Å²) in [4.78, 5) is 29.3. The molecule has 6 aliphatic rings. The smallest absolute Gasteiger partial charge is 0.412 e. The van der Waals surface area contributed by atoms with Crippen LogP contribution in [0, 0.1) is 5.41 Å². The molecular formula is C22H26N2O7. The van der Waals surface area contributed by atoms with Crippen LogP contribution in [-0.2, 0) is 14.9 Å². The maximum Gasteiger partial charge on any atom is 0.412 e. The van der Waals surface area contributed by atoms with Crippen LogP contribution in [0.1, 0.15) is 31.2 Å². The summed E-state index contributed by atoms with van der Waals surface area (Å²) in [6.07, 6.45) is -2.53. The third-order valence-corrected chi connectivity index (χ3v) is 9.33. The number of amides is 1. The molecule has 7 rings (SSSR count). The summed E-state index contributed by atoms with van der Waals surface area (Å²) in [6.45, 7) is 1.25. The first-order chi connectivity index (χ1) is 14.7. The summed E-state index contributed by atoms with van der Waals surface area (Å²) in [5.41, 5.74) is -5.12. The second-order valence-electron chi connectivity index (χ2n) is 9.73. The third kappa shape index (κ3) is 1.62. The third-order valence-electron chi connectivity index (χ3n) is 9.33. The Morgan fingerprint density at radius 1 is 1.13 bits per heavy atom. The molecule has 1 aromatic carbocycles. The Hall–Kier alpha value is -2.20. The molecule has 5 fully saturated rings. The van der Waals surface area contributed by atoms with E-state index in [0.717, 1.165) is 17.6 Å². The zero-order valence-electron chi connectivity index (χ0n) is 17.2. The number of fused-ring (bicyclic) bond motifs is 3. The number of piperidine rings is 1. The Kier molecular flexibility index (Phi) is 3.51. The molecule has 2 bridgehead atoms. The largest absolute Gasteiger partial charge is 0.467 e. The van der Waals surface area contributed by atoms with E-state index in [1.54, 1.807) is 12.1 Å². The van der Waals surface area contributed by atoms with E-state index >= 15 is 0 Å². The highest BCUT2D eigenvalue weighted by Gasteiger charge is 2.90. The molecule has 3 aliphatic heterocycles. The molecule has 2 saturated heterocycles. The van der Waals surface area contributed by atoms with E-state index in [4.69, 9.17) is 4.74 Å². The number of ether oxygens (including phenoxy) is 1. The number of para-hydroxylation sites is 1. The van der Waals surface area contributed by atoms with Gasteiger partial charge < -0.3 is 25.2 Å². The fourth-order valence-corrected chi connectivity index (χ4v) is 8.59. The number of aliphatic hydroxyl groups excluding tert-OH is 2. The lowest BCUT2D eigenvalue weighted by Gasteiger charge is -2.74. The van der Waals surface area contributed by atoms with Crippen LogP contribution >= 0.6 is 0 Å². The number of hydrogen-bond acceptors (Lipinski definition) is 7. The molecule has 31 heavy (non-hydrogen) atoms. The molecule has 166 valence electrons. The Morgan fingerprint density at radius 3 is 2.58 bits per heavy atom. The molecule has 9 nitrogen and oxygen atoms in total. The number of methoxy groups -OCH3 is 1. The minimum Gasteiger partial charge on any atom is -0.467 e. The van der Waals surface area contributed by atoms with Crippen molar-refractivity contribution < 1.29 is 34.8 Å². The molecule has 1 amide bonds. The number of carboxylic acid groups (broad SMARTS) is 1. The minimum atomic E-state index is -2.53. The Morgan fingerprint density at radius 2 is 1.87 bits per heavy atom. The first kappa shape index (κ1) is 19.5. The number of carbonyl (C=O) groups is 2. The fraction of sp³-hybridized carbons (Fsp3) is 0.636. The molecule has 7 unspecified atom stereocenters. The molecule has 3 saturated carbocycles. The number of carbonyl (C=O) groups excluding carboxylic acids is 1. The molecule has 0 aromatic heterocycles. The van der Waals surface area contributed by atoms with E-state index in [-0.39, 0.29) is 6.42 Å². The monoisotopic (exact) mass is 430 g/mol. The van der Waals surface area contributed by atoms with Crippen molar-refractivity contribution in [2.24, 2.45) is 5.41 Å². The van der Waals surface area contributed by atoms with E-state index in [2.05, 4.69) is 4.90 Å². The van der Waals surface area contributed by atoms with Crippen LogP contribution in [0.5, 0.6) is 0 Å². The van der Waals surface area contributed by atoms with Crippen molar-refractivity contribution in [2.45, 2.75) is 60.5 Å². The van der Waals surface area contributed by atoms with E-state index in [9.17, 15) is 30.0 Å². The van der Waals surface area contributed by atoms with Gasteiger partial charge in [0.2, 0.25) is 5.60 Å². The number of nitrogens with zero attached hydrogens (tertiary/aromatic N) is 2. The zero-order valence-corrected chi connectivity index (χ0v) is 17.2. The molecule has 7 atom stereocenters. The van der Waals surface area contributed by atoms with Gasteiger partial charge in [-0.1, -0.05) is 18.2 Å². The zero-order chi connectivity index (χ0) is 22.0. The lowest BCUT2D eigenvalue weighted by atomic mass is 9.35. The van der Waals surface area contributed by atoms with E-state index in [0.29, 0.717) is 38.0 Å². The highest BCUT2D eigenvalue weighted by atomic mass is 16.5. The number of aliphatic hydroxyl groups is 3. The average Bonchev–Trinajstić information content (AvgIpc) is 3.29. The van der Waals surface area contributed by atoms with E-state index in [1.165, 1.54) is 0 Å². The van der Waals surface area contributed by atoms with Gasteiger partial charge >= 0.3 is 12.1 Å². The van der Waals surface area contributed by atoms with Gasteiger partial charge in [-0.15, -0.1) is 0 Å². The number of anilines is 1. The van der Waals surface area contributed by atoms with Crippen molar-refractivity contribution in [3.8, 4) is 0 Å². The second-order valence-corrected chi connectivity index (χ2v) is 9.73. The molecule has 0 radical (unpaired) electrons. The SMILES string of the molecule is COC(=O)C1(O)C(O)C23CCC14N(C(=O)O)c1ccccc1C41CCN(CCC2O)C31.